The first-order valence-corrected chi connectivity index (χ1v) is 5.65. The molecule has 15 heavy (non-hydrogen) atoms. The monoisotopic (exact) mass is 210 g/mol. The van der Waals surface area contributed by atoms with Crippen molar-refractivity contribution in [1.29, 1.82) is 0 Å². The quantitative estimate of drug-likeness (QED) is 0.714. The van der Waals surface area contributed by atoms with E-state index in [0.29, 0.717) is 6.42 Å². The molecule has 0 fully saturated rings. The van der Waals surface area contributed by atoms with Gasteiger partial charge in [0.2, 0.25) is 0 Å². The first-order chi connectivity index (χ1) is 7.22. The van der Waals surface area contributed by atoms with Gasteiger partial charge >= 0.3 is 0 Å². The molecule has 0 aliphatic carbocycles. The standard InChI is InChI=1S/C13H19FO/c1-2-3-4-5-13(15)10-11-6-8-12(14)9-7-11/h6-9,13,15H,2-5,10H2,1H3. The van der Waals surface area contributed by atoms with Crippen molar-refractivity contribution in [2.24, 2.45) is 0 Å². The molecule has 0 saturated heterocycles. The maximum Gasteiger partial charge on any atom is 0.123 e. The van der Waals surface area contributed by atoms with Crippen LogP contribution in [0.1, 0.15) is 38.2 Å². The van der Waals surface area contributed by atoms with Crippen molar-refractivity contribution in [2.75, 3.05) is 0 Å². The molecule has 1 atom stereocenters. The van der Waals surface area contributed by atoms with E-state index in [-0.39, 0.29) is 11.9 Å². The Bertz CT molecular complexity index is 268. The van der Waals surface area contributed by atoms with Gasteiger partial charge in [0.1, 0.15) is 5.82 Å². The van der Waals surface area contributed by atoms with Crippen molar-refractivity contribution in [3.05, 3.63) is 35.6 Å². The number of hydrogen-bond acceptors (Lipinski definition) is 1. The van der Waals surface area contributed by atoms with Crippen LogP contribution in [0, 0.1) is 5.82 Å². The summed E-state index contributed by atoms with van der Waals surface area (Å²) in [7, 11) is 0. The summed E-state index contributed by atoms with van der Waals surface area (Å²) in [5.74, 6) is -0.223. The Morgan fingerprint density at radius 2 is 1.87 bits per heavy atom. The molecule has 2 heteroatoms. The summed E-state index contributed by atoms with van der Waals surface area (Å²) in [5, 5.41) is 9.70. The van der Waals surface area contributed by atoms with Gasteiger partial charge in [0.15, 0.2) is 0 Å². The van der Waals surface area contributed by atoms with Crippen LogP contribution in [-0.4, -0.2) is 11.2 Å². The average Bonchev–Trinajstić information content (AvgIpc) is 2.22. The number of aliphatic hydroxyl groups is 1. The van der Waals surface area contributed by atoms with Crippen molar-refractivity contribution < 1.29 is 9.50 Å². The molecule has 84 valence electrons. The van der Waals surface area contributed by atoms with Crippen LogP contribution in [0.2, 0.25) is 0 Å². The summed E-state index contributed by atoms with van der Waals surface area (Å²) < 4.78 is 12.6. The highest BCUT2D eigenvalue weighted by Crippen LogP contribution is 2.10. The Balaban J connectivity index is 2.31. The second-order valence-corrected chi connectivity index (χ2v) is 3.98. The molecule has 0 radical (unpaired) electrons. The molecular weight excluding hydrogens is 191 g/mol. The van der Waals surface area contributed by atoms with Gasteiger partial charge in [-0.05, 0) is 30.5 Å². The Morgan fingerprint density at radius 3 is 2.47 bits per heavy atom. The SMILES string of the molecule is CCCCCC(O)Cc1ccc(F)cc1. The number of benzene rings is 1. The van der Waals surface area contributed by atoms with Gasteiger partial charge in [-0.2, -0.15) is 0 Å². The van der Waals surface area contributed by atoms with Gasteiger partial charge in [-0.3, -0.25) is 0 Å². The Morgan fingerprint density at radius 1 is 1.20 bits per heavy atom. The number of hydrogen-bond donors (Lipinski definition) is 1. The number of unbranched alkanes of at least 4 members (excludes halogenated alkanes) is 2. The fourth-order valence-electron chi connectivity index (χ4n) is 1.62. The van der Waals surface area contributed by atoms with Gasteiger partial charge in [0, 0.05) is 0 Å². The second kappa shape index (κ2) is 6.57. The molecule has 0 aliphatic rings. The molecule has 0 amide bonds. The molecule has 0 aliphatic heterocycles. The topological polar surface area (TPSA) is 20.2 Å². The molecule has 0 aromatic heterocycles. The van der Waals surface area contributed by atoms with Crippen LogP contribution in [0.3, 0.4) is 0 Å². The zero-order valence-corrected chi connectivity index (χ0v) is 9.25. The lowest BCUT2D eigenvalue weighted by molar-refractivity contribution is 0.161. The molecule has 0 saturated carbocycles. The second-order valence-electron chi connectivity index (χ2n) is 3.98. The summed E-state index contributed by atoms with van der Waals surface area (Å²) >= 11 is 0. The molecule has 1 aromatic rings. The lowest BCUT2D eigenvalue weighted by atomic mass is 10.0. The summed E-state index contributed by atoms with van der Waals surface area (Å²) in [5.41, 5.74) is 1.00. The maximum absolute atomic E-state index is 12.6. The van der Waals surface area contributed by atoms with E-state index in [1.54, 1.807) is 12.1 Å². The molecule has 1 unspecified atom stereocenters. The fraction of sp³-hybridized carbons (Fsp3) is 0.538. The highest BCUT2D eigenvalue weighted by Gasteiger charge is 2.05. The van der Waals surface area contributed by atoms with Gasteiger partial charge in [-0.25, -0.2) is 4.39 Å². The summed E-state index contributed by atoms with van der Waals surface area (Å²) in [6, 6.07) is 6.35. The van der Waals surface area contributed by atoms with E-state index >= 15 is 0 Å². The van der Waals surface area contributed by atoms with Gasteiger partial charge < -0.3 is 5.11 Å². The zero-order valence-electron chi connectivity index (χ0n) is 9.25. The predicted molar refractivity (Wildman–Crippen MR) is 60.3 cm³/mol. The number of aliphatic hydroxyl groups excluding tert-OH is 1. The summed E-state index contributed by atoms with van der Waals surface area (Å²) in [6.45, 7) is 2.15. The Hall–Kier alpha value is -0.890. The molecule has 0 heterocycles. The largest absolute Gasteiger partial charge is 0.393 e. The van der Waals surface area contributed by atoms with Crippen LogP contribution in [-0.2, 0) is 6.42 Å². The highest BCUT2D eigenvalue weighted by atomic mass is 19.1. The third kappa shape index (κ3) is 4.93. The molecular formula is C13H19FO. The van der Waals surface area contributed by atoms with Crippen molar-refractivity contribution >= 4 is 0 Å². The van der Waals surface area contributed by atoms with E-state index in [2.05, 4.69) is 6.92 Å². The van der Waals surface area contributed by atoms with Gasteiger partial charge in [0.05, 0.1) is 6.10 Å². The smallest absolute Gasteiger partial charge is 0.123 e. The molecule has 0 bridgehead atoms. The van der Waals surface area contributed by atoms with E-state index in [1.165, 1.54) is 25.0 Å². The van der Waals surface area contributed by atoms with Crippen LogP contribution < -0.4 is 0 Å². The minimum absolute atomic E-state index is 0.223. The van der Waals surface area contributed by atoms with E-state index in [1.807, 2.05) is 0 Å². The van der Waals surface area contributed by atoms with E-state index in [0.717, 1.165) is 18.4 Å². The van der Waals surface area contributed by atoms with Crippen LogP contribution in [0.4, 0.5) is 4.39 Å². The molecule has 1 aromatic carbocycles. The van der Waals surface area contributed by atoms with Crippen LogP contribution in [0.25, 0.3) is 0 Å². The van der Waals surface area contributed by atoms with Crippen LogP contribution in [0.15, 0.2) is 24.3 Å². The van der Waals surface area contributed by atoms with Gasteiger partial charge in [0.25, 0.3) is 0 Å². The summed E-state index contributed by atoms with van der Waals surface area (Å²) in [6.07, 6.45) is 4.58. The third-order valence-corrected chi connectivity index (χ3v) is 2.53. The number of halogens is 1. The van der Waals surface area contributed by atoms with E-state index < -0.39 is 0 Å². The van der Waals surface area contributed by atoms with E-state index in [4.69, 9.17) is 0 Å². The average molecular weight is 210 g/mol. The van der Waals surface area contributed by atoms with Gasteiger partial charge in [-0.15, -0.1) is 0 Å². The Kier molecular flexibility index (Phi) is 5.33. The normalized spacial score (nSPS) is 12.7. The molecule has 1 nitrogen and oxygen atoms in total. The lowest BCUT2D eigenvalue weighted by Crippen LogP contribution is -2.10. The molecule has 1 N–H and O–H groups in total. The Labute approximate surface area is 90.9 Å². The van der Waals surface area contributed by atoms with Gasteiger partial charge in [-0.1, -0.05) is 38.3 Å². The lowest BCUT2D eigenvalue weighted by Gasteiger charge is -2.09. The van der Waals surface area contributed by atoms with E-state index in [9.17, 15) is 9.50 Å². The van der Waals surface area contributed by atoms with Crippen LogP contribution in [0.5, 0.6) is 0 Å². The molecule has 0 spiro atoms. The maximum atomic E-state index is 12.6. The minimum Gasteiger partial charge on any atom is -0.393 e. The van der Waals surface area contributed by atoms with Crippen molar-refractivity contribution in [2.45, 2.75) is 45.1 Å². The number of rotatable bonds is 6. The fourth-order valence-corrected chi connectivity index (χ4v) is 1.62. The third-order valence-electron chi connectivity index (χ3n) is 2.53. The zero-order chi connectivity index (χ0) is 11.1. The van der Waals surface area contributed by atoms with Crippen LogP contribution >= 0.6 is 0 Å². The van der Waals surface area contributed by atoms with Crippen molar-refractivity contribution in [1.82, 2.24) is 0 Å². The molecule has 1 rings (SSSR count). The highest BCUT2D eigenvalue weighted by molar-refractivity contribution is 5.16. The first-order valence-electron chi connectivity index (χ1n) is 5.65. The van der Waals surface area contributed by atoms with Crippen molar-refractivity contribution in [3.63, 3.8) is 0 Å². The minimum atomic E-state index is -0.290. The predicted octanol–water partition coefficient (Wildman–Crippen LogP) is 3.31. The summed E-state index contributed by atoms with van der Waals surface area (Å²) in [4.78, 5) is 0. The van der Waals surface area contributed by atoms with Crippen molar-refractivity contribution in [3.8, 4) is 0 Å². The first kappa shape index (κ1) is 12.2.